The molecule has 0 aliphatic carbocycles. The quantitative estimate of drug-likeness (QED) is 0.817. The van der Waals surface area contributed by atoms with Crippen molar-refractivity contribution in [3.63, 3.8) is 0 Å². The zero-order chi connectivity index (χ0) is 13.2. The van der Waals surface area contributed by atoms with Crippen LogP contribution in [0.15, 0.2) is 6.33 Å². The van der Waals surface area contributed by atoms with E-state index in [9.17, 15) is 9.59 Å². The van der Waals surface area contributed by atoms with Crippen molar-refractivity contribution in [1.29, 1.82) is 0 Å². The van der Waals surface area contributed by atoms with Crippen LogP contribution in [0.25, 0.3) is 0 Å². The first-order valence-corrected chi connectivity index (χ1v) is 4.95. The van der Waals surface area contributed by atoms with Gasteiger partial charge >= 0.3 is 12.1 Å². The van der Waals surface area contributed by atoms with Crippen molar-refractivity contribution in [1.82, 2.24) is 9.55 Å². The number of carbonyl (C=O) groups excluding carboxylic acids is 1. The van der Waals surface area contributed by atoms with Crippen LogP contribution in [-0.2, 0) is 11.8 Å². The molecule has 0 fully saturated rings. The molecule has 0 radical (unpaired) electrons. The lowest BCUT2D eigenvalue weighted by molar-refractivity contribution is 0.0635. The Hall–Kier alpha value is -2.05. The molecule has 0 aliphatic rings. The first-order chi connectivity index (χ1) is 7.70. The molecule has 0 spiro atoms. The number of aromatic carboxylic acids is 1. The molecule has 0 unspecified atom stereocenters. The summed E-state index contributed by atoms with van der Waals surface area (Å²) in [6.45, 7) is 5.13. The van der Waals surface area contributed by atoms with Crippen molar-refractivity contribution in [2.45, 2.75) is 26.4 Å². The Morgan fingerprint density at radius 2 is 2.06 bits per heavy atom. The summed E-state index contributed by atoms with van der Waals surface area (Å²) in [4.78, 5) is 26.1. The van der Waals surface area contributed by atoms with Crippen molar-refractivity contribution in [2.75, 3.05) is 5.32 Å². The van der Waals surface area contributed by atoms with E-state index < -0.39 is 17.7 Å². The minimum Gasteiger partial charge on any atom is -0.476 e. The number of aromatic nitrogens is 2. The number of nitrogens with zero attached hydrogens (tertiary/aromatic N) is 2. The Labute approximate surface area is 98.4 Å². The van der Waals surface area contributed by atoms with Crippen LogP contribution in [-0.4, -0.2) is 32.3 Å². The van der Waals surface area contributed by atoms with Gasteiger partial charge in [-0.05, 0) is 20.8 Å². The molecule has 1 amide bonds. The number of rotatable bonds is 2. The average Bonchev–Trinajstić information content (AvgIpc) is 2.42. The number of aryl methyl sites for hydroxylation is 1. The zero-order valence-electron chi connectivity index (χ0n) is 10.1. The maximum Gasteiger partial charge on any atom is 0.413 e. The summed E-state index contributed by atoms with van der Waals surface area (Å²) in [6, 6.07) is 0. The van der Waals surface area contributed by atoms with Crippen molar-refractivity contribution < 1.29 is 19.4 Å². The molecule has 1 aromatic heterocycles. The summed E-state index contributed by atoms with van der Waals surface area (Å²) in [6.07, 6.45) is 0.564. The maximum atomic E-state index is 11.4. The molecule has 0 saturated carbocycles. The van der Waals surface area contributed by atoms with Crippen molar-refractivity contribution in [3.05, 3.63) is 12.0 Å². The lowest BCUT2D eigenvalue weighted by Gasteiger charge is -2.19. The predicted octanol–water partition coefficient (Wildman–Crippen LogP) is 1.47. The predicted molar refractivity (Wildman–Crippen MR) is 60.0 cm³/mol. The van der Waals surface area contributed by atoms with Gasteiger partial charge in [0.25, 0.3) is 0 Å². The zero-order valence-corrected chi connectivity index (χ0v) is 10.1. The van der Waals surface area contributed by atoms with Crippen LogP contribution in [0.2, 0.25) is 0 Å². The van der Waals surface area contributed by atoms with Crippen LogP contribution < -0.4 is 5.32 Å². The van der Waals surface area contributed by atoms with Gasteiger partial charge in [0.2, 0.25) is 0 Å². The Kier molecular flexibility index (Phi) is 3.40. The fourth-order valence-corrected chi connectivity index (χ4v) is 1.17. The standard InChI is InChI=1S/C10H15N3O4/c1-10(2,3)17-9(16)12-7-6(8(14)15)13(4)5-11-7/h5H,1-4H3,(H,12,16)(H,14,15). The first kappa shape index (κ1) is 13.0. The maximum absolute atomic E-state index is 11.4. The van der Waals surface area contributed by atoms with Crippen LogP contribution in [0.1, 0.15) is 31.3 Å². The van der Waals surface area contributed by atoms with Gasteiger partial charge in [0.05, 0.1) is 6.33 Å². The molecular formula is C10H15N3O4. The molecular weight excluding hydrogens is 226 g/mol. The summed E-state index contributed by atoms with van der Waals surface area (Å²) >= 11 is 0. The molecule has 0 aromatic carbocycles. The molecule has 0 atom stereocenters. The summed E-state index contributed by atoms with van der Waals surface area (Å²) < 4.78 is 6.29. The van der Waals surface area contributed by atoms with E-state index in [4.69, 9.17) is 9.84 Å². The van der Waals surface area contributed by atoms with E-state index in [1.54, 1.807) is 20.8 Å². The molecule has 17 heavy (non-hydrogen) atoms. The van der Waals surface area contributed by atoms with E-state index in [1.807, 2.05) is 0 Å². The van der Waals surface area contributed by atoms with Gasteiger partial charge in [0, 0.05) is 7.05 Å². The number of anilines is 1. The number of carboxylic acid groups (broad SMARTS) is 1. The van der Waals surface area contributed by atoms with Crippen LogP contribution in [0.4, 0.5) is 10.6 Å². The van der Waals surface area contributed by atoms with Crippen LogP contribution in [0, 0.1) is 0 Å². The fraction of sp³-hybridized carbons (Fsp3) is 0.500. The number of nitrogens with one attached hydrogen (secondary N) is 1. The van der Waals surface area contributed by atoms with Gasteiger partial charge in [0.1, 0.15) is 5.60 Å². The normalized spacial score (nSPS) is 11.1. The SMILES string of the molecule is Cn1cnc(NC(=O)OC(C)(C)C)c1C(=O)O. The molecule has 0 aliphatic heterocycles. The van der Waals surface area contributed by atoms with E-state index >= 15 is 0 Å². The minimum absolute atomic E-state index is 0.0331. The number of imidazole rings is 1. The number of carboxylic acids is 1. The van der Waals surface area contributed by atoms with Crippen LogP contribution in [0.5, 0.6) is 0 Å². The monoisotopic (exact) mass is 241 g/mol. The largest absolute Gasteiger partial charge is 0.476 e. The molecule has 0 saturated heterocycles. The topological polar surface area (TPSA) is 93.5 Å². The number of hydrogen-bond donors (Lipinski definition) is 2. The highest BCUT2D eigenvalue weighted by Crippen LogP contribution is 2.14. The van der Waals surface area contributed by atoms with Crippen molar-refractivity contribution in [2.24, 2.45) is 7.05 Å². The minimum atomic E-state index is -1.17. The van der Waals surface area contributed by atoms with Gasteiger partial charge in [-0.1, -0.05) is 0 Å². The highest BCUT2D eigenvalue weighted by molar-refractivity contribution is 5.96. The van der Waals surface area contributed by atoms with Crippen molar-refractivity contribution in [3.8, 4) is 0 Å². The summed E-state index contributed by atoms with van der Waals surface area (Å²) in [5, 5.41) is 11.2. The molecule has 1 aromatic rings. The van der Waals surface area contributed by atoms with Gasteiger partial charge in [-0.25, -0.2) is 14.6 Å². The van der Waals surface area contributed by atoms with E-state index in [-0.39, 0.29) is 11.5 Å². The van der Waals surface area contributed by atoms with E-state index in [1.165, 1.54) is 17.9 Å². The first-order valence-electron chi connectivity index (χ1n) is 4.95. The second-order valence-electron chi connectivity index (χ2n) is 4.48. The molecule has 94 valence electrons. The molecule has 1 rings (SSSR count). The molecule has 7 nitrogen and oxygen atoms in total. The number of hydrogen-bond acceptors (Lipinski definition) is 4. The highest BCUT2D eigenvalue weighted by Gasteiger charge is 2.21. The van der Waals surface area contributed by atoms with Gasteiger partial charge in [-0.15, -0.1) is 0 Å². The highest BCUT2D eigenvalue weighted by atomic mass is 16.6. The summed E-state index contributed by atoms with van der Waals surface area (Å²) in [7, 11) is 1.52. The molecule has 2 N–H and O–H groups in total. The molecule has 0 bridgehead atoms. The lowest BCUT2D eigenvalue weighted by atomic mass is 10.2. The van der Waals surface area contributed by atoms with Gasteiger partial charge in [0.15, 0.2) is 11.5 Å². The van der Waals surface area contributed by atoms with Gasteiger partial charge in [-0.2, -0.15) is 0 Å². The summed E-state index contributed by atoms with van der Waals surface area (Å²) in [5.41, 5.74) is -0.752. The fourth-order valence-electron chi connectivity index (χ4n) is 1.17. The third-order valence-electron chi connectivity index (χ3n) is 1.76. The van der Waals surface area contributed by atoms with Gasteiger partial charge in [-0.3, -0.25) is 5.32 Å². The Bertz CT molecular complexity index is 445. The lowest BCUT2D eigenvalue weighted by Crippen LogP contribution is -2.28. The van der Waals surface area contributed by atoms with Gasteiger partial charge < -0.3 is 14.4 Å². The second kappa shape index (κ2) is 4.44. The third kappa shape index (κ3) is 3.47. The van der Waals surface area contributed by atoms with E-state index in [0.717, 1.165) is 0 Å². The Balaban J connectivity index is 2.83. The second-order valence-corrected chi connectivity index (χ2v) is 4.48. The van der Waals surface area contributed by atoms with Crippen LogP contribution in [0.3, 0.4) is 0 Å². The smallest absolute Gasteiger partial charge is 0.413 e. The van der Waals surface area contributed by atoms with Crippen molar-refractivity contribution >= 4 is 17.9 Å². The summed E-state index contributed by atoms with van der Waals surface area (Å²) in [5.74, 6) is -1.20. The third-order valence-corrected chi connectivity index (χ3v) is 1.76. The average molecular weight is 241 g/mol. The number of amides is 1. The number of ether oxygens (including phenoxy) is 1. The Morgan fingerprint density at radius 3 is 2.53 bits per heavy atom. The molecule has 7 heteroatoms. The number of carbonyl (C=O) groups is 2. The van der Waals surface area contributed by atoms with E-state index in [0.29, 0.717) is 0 Å². The van der Waals surface area contributed by atoms with Crippen LogP contribution >= 0.6 is 0 Å². The Morgan fingerprint density at radius 1 is 1.47 bits per heavy atom. The van der Waals surface area contributed by atoms with E-state index in [2.05, 4.69) is 10.3 Å². The molecule has 1 heterocycles.